The predicted octanol–water partition coefficient (Wildman–Crippen LogP) is 1.67. The van der Waals surface area contributed by atoms with Crippen molar-refractivity contribution >= 4 is 5.91 Å². The molecule has 0 aliphatic carbocycles. The maximum absolute atomic E-state index is 11.7. The zero-order valence-corrected chi connectivity index (χ0v) is 9.89. The van der Waals surface area contributed by atoms with Gasteiger partial charge in [0.2, 0.25) is 5.91 Å². The van der Waals surface area contributed by atoms with Crippen molar-refractivity contribution in [3.05, 3.63) is 0 Å². The van der Waals surface area contributed by atoms with Crippen molar-refractivity contribution < 1.29 is 4.79 Å². The summed E-state index contributed by atoms with van der Waals surface area (Å²) >= 11 is 0. The second kappa shape index (κ2) is 6.02. The third-order valence-corrected chi connectivity index (χ3v) is 2.40. The van der Waals surface area contributed by atoms with Crippen LogP contribution in [-0.2, 0) is 4.79 Å². The third-order valence-electron chi connectivity index (χ3n) is 2.40. The van der Waals surface area contributed by atoms with E-state index in [0.29, 0.717) is 6.54 Å². The molecule has 0 saturated carbocycles. The lowest BCUT2D eigenvalue weighted by Crippen LogP contribution is -2.46. The first-order valence-electron chi connectivity index (χ1n) is 5.45. The second-order valence-electron chi connectivity index (χ2n) is 4.60. The molecule has 0 aromatic rings. The van der Waals surface area contributed by atoms with Gasteiger partial charge in [0.05, 0.1) is 0 Å². The first-order valence-corrected chi connectivity index (χ1v) is 5.45. The summed E-state index contributed by atoms with van der Waals surface area (Å²) in [5.41, 5.74) is 5.30. The van der Waals surface area contributed by atoms with Gasteiger partial charge in [-0.15, -0.1) is 0 Å². The molecule has 0 spiro atoms. The number of carbonyl (C=O) groups excluding carboxylic acids is 1. The van der Waals surface area contributed by atoms with Crippen LogP contribution in [0.5, 0.6) is 0 Å². The maximum Gasteiger partial charge on any atom is 0.223 e. The number of rotatable bonds is 6. The molecule has 14 heavy (non-hydrogen) atoms. The molecule has 0 radical (unpaired) electrons. The average Bonchev–Trinajstić information content (AvgIpc) is 2.03. The van der Waals surface area contributed by atoms with Gasteiger partial charge in [-0.05, 0) is 33.2 Å². The first kappa shape index (κ1) is 13.4. The van der Waals surface area contributed by atoms with E-state index in [1.54, 1.807) is 0 Å². The van der Waals surface area contributed by atoms with Crippen LogP contribution in [0.1, 0.15) is 47.0 Å². The fourth-order valence-electron chi connectivity index (χ4n) is 1.44. The molecule has 0 aromatic heterocycles. The predicted molar refractivity (Wildman–Crippen MR) is 60.0 cm³/mol. The van der Waals surface area contributed by atoms with Crippen molar-refractivity contribution in [2.45, 2.75) is 52.5 Å². The van der Waals surface area contributed by atoms with Crippen molar-refractivity contribution in [1.29, 1.82) is 0 Å². The van der Waals surface area contributed by atoms with E-state index >= 15 is 0 Å². The van der Waals surface area contributed by atoms with E-state index in [-0.39, 0.29) is 17.4 Å². The SMILES string of the molecule is CCCC(C)C(=O)NC(C)(C)CCN. The largest absolute Gasteiger partial charge is 0.351 e. The fourth-order valence-corrected chi connectivity index (χ4v) is 1.44. The second-order valence-corrected chi connectivity index (χ2v) is 4.60. The first-order chi connectivity index (χ1) is 6.43. The van der Waals surface area contributed by atoms with E-state index in [9.17, 15) is 4.79 Å². The molecule has 3 N–H and O–H groups in total. The van der Waals surface area contributed by atoms with Crippen LogP contribution >= 0.6 is 0 Å². The number of hydrogen-bond donors (Lipinski definition) is 2. The van der Waals surface area contributed by atoms with Crippen molar-refractivity contribution in [2.24, 2.45) is 11.7 Å². The van der Waals surface area contributed by atoms with Gasteiger partial charge in [-0.1, -0.05) is 20.3 Å². The molecule has 0 heterocycles. The van der Waals surface area contributed by atoms with E-state index in [0.717, 1.165) is 19.3 Å². The molecule has 3 nitrogen and oxygen atoms in total. The minimum atomic E-state index is -0.173. The van der Waals surface area contributed by atoms with Crippen molar-refractivity contribution in [1.82, 2.24) is 5.32 Å². The molecule has 0 saturated heterocycles. The molecule has 3 heteroatoms. The lowest BCUT2D eigenvalue weighted by Gasteiger charge is -2.27. The molecule has 1 amide bonds. The van der Waals surface area contributed by atoms with Gasteiger partial charge in [0.25, 0.3) is 0 Å². The van der Waals surface area contributed by atoms with Gasteiger partial charge in [0.15, 0.2) is 0 Å². The Balaban J connectivity index is 4.03. The van der Waals surface area contributed by atoms with Gasteiger partial charge in [-0.2, -0.15) is 0 Å². The quantitative estimate of drug-likeness (QED) is 0.685. The summed E-state index contributed by atoms with van der Waals surface area (Å²) < 4.78 is 0. The summed E-state index contributed by atoms with van der Waals surface area (Å²) in [5.74, 6) is 0.252. The number of carbonyl (C=O) groups is 1. The zero-order valence-electron chi connectivity index (χ0n) is 9.89. The molecule has 84 valence electrons. The molecule has 0 rings (SSSR count). The van der Waals surface area contributed by atoms with Crippen molar-refractivity contribution in [3.63, 3.8) is 0 Å². The molecule has 0 aromatic carbocycles. The van der Waals surface area contributed by atoms with Crippen LogP contribution in [0.3, 0.4) is 0 Å². The van der Waals surface area contributed by atoms with Gasteiger partial charge >= 0.3 is 0 Å². The summed E-state index contributed by atoms with van der Waals surface area (Å²) in [6.45, 7) is 8.69. The minimum Gasteiger partial charge on any atom is -0.351 e. The van der Waals surface area contributed by atoms with E-state index in [2.05, 4.69) is 12.2 Å². The van der Waals surface area contributed by atoms with Crippen LogP contribution in [0.2, 0.25) is 0 Å². The van der Waals surface area contributed by atoms with Gasteiger partial charge in [0.1, 0.15) is 0 Å². The topological polar surface area (TPSA) is 55.1 Å². The van der Waals surface area contributed by atoms with E-state index in [1.165, 1.54) is 0 Å². The Morgan fingerprint density at radius 2 is 2.07 bits per heavy atom. The maximum atomic E-state index is 11.7. The van der Waals surface area contributed by atoms with E-state index in [4.69, 9.17) is 5.73 Å². The van der Waals surface area contributed by atoms with Crippen LogP contribution in [0.4, 0.5) is 0 Å². The highest BCUT2D eigenvalue weighted by atomic mass is 16.2. The monoisotopic (exact) mass is 200 g/mol. The van der Waals surface area contributed by atoms with Crippen LogP contribution in [0.25, 0.3) is 0 Å². The molecule has 0 bridgehead atoms. The Morgan fingerprint density at radius 3 is 2.50 bits per heavy atom. The molecule has 0 aliphatic rings. The molecule has 0 fully saturated rings. The summed E-state index contributed by atoms with van der Waals surface area (Å²) in [6, 6.07) is 0. The highest BCUT2D eigenvalue weighted by Gasteiger charge is 2.21. The summed E-state index contributed by atoms with van der Waals surface area (Å²) in [6.07, 6.45) is 2.81. The minimum absolute atomic E-state index is 0.108. The summed E-state index contributed by atoms with van der Waals surface area (Å²) in [4.78, 5) is 11.7. The Kier molecular flexibility index (Phi) is 5.77. The Hall–Kier alpha value is -0.570. The lowest BCUT2D eigenvalue weighted by molar-refractivity contribution is -0.126. The molecule has 1 atom stereocenters. The standard InChI is InChI=1S/C11H24N2O/c1-5-6-9(2)10(14)13-11(3,4)7-8-12/h9H,5-8,12H2,1-4H3,(H,13,14). The van der Waals surface area contributed by atoms with E-state index in [1.807, 2.05) is 20.8 Å². The molecule has 1 unspecified atom stereocenters. The van der Waals surface area contributed by atoms with Crippen LogP contribution in [0.15, 0.2) is 0 Å². The van der Waals surface area contributed by atoms with Crippen LogP contribution < -0.4 is 11.1 Å². The smallest absolute Gasteiger partial charge is 0.223 e. The average molecular weight is 200 g/mol. The van der Waals surface area contributed by atoms with Crippen LogP contribution in [-0.4, -0.2) is 18.0 Å². The molecular formula is C11H24N2O. The normalized spacial score (nSPS) is 13.8. The van der Waals surface area contributed by atoms with Gasteiger partial charge in [0, 0.05) is 11.5 Å². The number of hydrogen-bond acceptors (Lipinski definition) is 2. The number of nitrogens with one attached hydrogen (secondary N) is 1. The fraction of sp³-hybridized carbons (Fsp3) is 0.909. The molecular weight excluding hydrogens is 176 g/mol. The lowest BCUT2D eigenvalue weighted by atomic mass is 9.98. The Labute approximate surface area is 87.4 Å². The highest BCUT2D eigenvalue weighted by Crippen LogP contribution is 2.11. The van der Waals surface area contributed by atoms with Crippen molar-refractivity contribution in [3.8, 4) is 0 Å². The Morgan fingerprint density at radius 1 is 1.50 bits per heavy atom. The zero-order chi connectivity index (χ0) is 11.2. The van der Waals surface area contributed by atoms with Crippen molar-refractivity contribution in [2.75, 3.05) is 6.54 Å². The van der Waals surface area contributed by atoms with Crippen LogP contribution in [0, 0.1) is 5.92 Å². The van der Waals surface area contributed by atoms with Gasteiger partial charge < -0.3 is 11.1 Å². The van der Waals surface area contributed by atoms with E-state index < -0.39 is 0 Å². The highest BCUT2D eigenvalue weighted by molar-refractivity contribution is 5.78. The van der Waals surface area contributed by atoms with Gasteiger partial charge in [-0.3, -0.25) is 4.79 Å². The summed E-state index contributed by atoms with van der Waals surface area (Å²) in [5, 5.41) is 3.02. The van der Waals surface area contributed by atoms with Gasteiger partial charge in [-0.25, -0.2) is 0 Å². The number of amides is 1. The summed E-state index contributed by atoms with van der Waals surface area (Å²) in [7, 11) is 0. The molecule has 0 aliphatic heterocycles. The Bertz CT molecular complexity index is 178. The number of nitrogens with two attached hydrogens (primary N) is 1. The third kappa shape index (κ3) is 5.22.